The number of hydrogen-bond donors (Lipinski definition) is 3. The number of aromatic nitrogens is 5. The summed E-state index contributed by atoms with van der Waals surface area (Å²) in [5, 5.41) is 15.6. The van der Waals surface area contributed by atoms with Crippen molar-refractivity contribution in [3.63, 3.8) is 0 Å². The monoisotopic (exact) mass is 538 g/mol. The first-order chi connectivity index (χ1) is 18.9. The Morgan fingerprint density at radius 2 is 1.79 bits per heavy atom. The van der Waals surface area contributed by atoms with Crippen molar-refractivity contribution in [3.8, 4) is 11.1 Å². The highest BCUT2D eigenvalue weighted by Gasteiger charge is 2.16. The Balaban J connectivity index is 1.51. The van der Waals surface area contributed by atoms with Gasteiger partial charge in [-0.05, 0) is 71.0 Å². The average Bonchev–Trinajstić information content (AvgIpc) is 3.57. The molecule has 0 bridgehead atoms. The van der Waals surface area contributed by atoms with E-state index in [-0.39, 0.29) is 12.2 Å². The molecular formula is C30H27ClN6O2. The fraction of sp³-hybridized carbons (Fsp3) is 0.167. The molecule has 0 aliphatic heterocycles. The van der Waals surface area contributed by atoms with Gasteiger partial charge in [-0.3, -0.25) is 4.79 Å². The molecule has 3 N–H and O–H groups in total. The van der Waals surface area contributed by atoms with Crippen LogP contribution in [0.5, 0.6) is 0 Å². The zero-order chi connectivity index (χ0) is 27.1. The van der Waals surface area contributed by atoms with Crippen molar-refractivity contribution in [1.82, 2.24) is 24.1 Å². The third-order valence-electron chi connectivity index (χ3n) is 7.09. The maximum absolute atomic E-state index is 13.9. The van der Waals surface area contributed by atoms with Gasteiger partial charge < -0.3 is 24.5 Å². The van der Waals surface area contributed by atoms with Gasteiger partial charge in [-0.25, -0.2) is 9.97 Å². The van der Waals surface area contributed by atoms with Gasteiger partial charge in [-0.15, -0.1) is 0 Å². The Morgan fingerprint density at radius 1 is 0.949 bits per heavy atom. The lowest BCUT2D eigenvalue weighted by Gasteiger charge is -2.15. The Hall–Kier alpha value is -4.40. The number of aliphatic hydroxyl groups excluding tert-OH is 1. The van der Waals surface area contributed by atoms with Crippen LogP contribution < -0.4 is 10.9 Å². The highest BCUT2D eigenvalue weighted by molar-refractivity contribution is 6.32. The van der Waals surface area contributed by atoms with Crippen molar-refractivity contribution in [2.45, 2.75) is 26.6 Å². The van der Waals surface area contributed by atoms with Crippen molar-refractivity contribution in [2.75, 3.05) is 12.4 Å². The highest BCUT2D eigenvalue weighted by Crippen LogP contribution is 2.34. The number of nitrogens with one attached hydrogen (secondary N) is 2. The molecule has 0 unspecified atom stereocenters. The predicted octanol–water partition coefficient (Wildman–Crippen LogP) is 5.33. The number of nitrogens with zero attached hydrogens (tertiary/aromatic N) is 4. The van der Waals surface area contributed by atoms with Crippen LogP contribution in [0.25, 0.3) is 32.8 Å². The summed E-state index contributed by atoms with van der Waals surface area (Å²) in [6, 6.07) is 16.0. The van der Waals surface area contributed by atoms with Crippen LogP contribution in [0.4, 0.5) is 5.95 Å². The molecule has 39 heavy (non-hydrogen) atoms. The first-order valence-corrected chi connectivity index (χ1v) is 13.0. The quantitative estimate of drug-likeness (QED) is 0.238. The molecule has 196 valence electrons. The van der Waals surface area contributed by atoms with E-state index < -0.39 is 0 Å². The number of rotatable bonds is 7. The number of aromatic amines is 1. The van der Waals surface area contributed by atoms with Gasteiger partial charge in [0.2, 0.25) is 5.95 Å². The third-order valence-corrected chi connectivity index (χ3v) is 7.39. The van der Waals surface area contributed by atoms with E-state index in [1.807, 2.05) is 60.4 Å². The van der Waals surface area contributed by atoms with E-state index in [1.54, 1.807) is 17.0 Å². The van der Waals surface area contributed by atoms with Gasteiger partial charge >= 0.3 is 0 Å². The van der Waals surface area contributed by atoms with Crippen LogP contribution in [0.3, 0.4) is 0 Å². The van der Waals surface area contributed by atoms with E-state index in [0.29, 0.717) is 34.8 Å². The van der Waals surface area contributed by atoms with Gasteiger partial charge in [0, 0.05) is 59.4 Å². The molecule has 4 aromatic heterocycles. The van der Waals surface area contributed by atoms with Crippen molar-refractivity contribution >= 4 is 39.2 Å². The van der Waals surface area contributed by atoms with Crippen LogP contribution in [-0.4, -0.2) is 36.2 Å². The van der Waals surface area contributed by atoms with Crippen LogP contribution in [0.15, 0.2) is 78.1 Å². The second kappa shape index (κ2) is 10.1. The Morgan fingerprint density at radius 3 is 2.59 bits per heavy atom. The maximum atomic E-state index is 13.9. The summed E-state index contributed by atoms with van der Waals surface area (Å²) in [4.78, 5) is 26.0. The Kier molecular flexibility index (Phi) is 6.42. The van der Waals surface area contributed by atoms with E-state index in [1.165, 1.54) is 5.56 Å². The molecule has 0 spiro atoms. The van der Waals surface area contributed by atoms with Crippen LogP contribution in [0.1, 0.15) is 22.4 Å². The van der Waals surface area contributed by atoms with Crippen LogP contribution in [-0.2, 0) is 19.7 Å². The minimum absolute atomic E-state index is 0.104. The number of benzene rings is 2. The number of anilines is 1. The molecule has 0 amide bonds. The molecule has 6 aromatic rings. The first-order valence-electron chi connectivity index (χ1n) is 12.6. The van der Waals surface area contributed by atoms with E-state index in [9.17, 15) is 9.90 Å². The lowest BCUT2D eigenvalue weighted by Crippen LogP contribution is -2.20. The first kappa shape index (κ1) is 24.9. The number of aliphatic hydroxyl groups is 1. The molecular weight excluding hydrogens is 512 g/mol. The number of fused-ring (bicyclic) bond motifs is 2. The summed E-state index contributed by atoms with van der Waals surface area (Å²) >= 11 is 6.56. The number of H-pyrrole nitrogens is 1. The molecule has 0 saturated carbocycles. The Labute approximate surface area is 229 Å². The average molecular weight is 539 g/mol. The fourth-order valence-electron chi connectivity index (χ4n) is 5.16. The molecule has 2 aromatic carbocycles. The molecule has 0 aliphatic carbocycles. The lowest BCUT2D eigenvalue weighted by atomic mass is 9.96. The standard InChI is InChI=1S/C30H27ClN6O2/c1-18-4-3-5-27-23(18)13-21(35-27)16-36-8-6-22-24(25-12-20(17-38)14-34-28(25)31)10-19(11-26(22)29(36)39)15-37-9-7-33-30(37)32-2/h3-14,35,38H,15-17H2,1-2H3,(H,32,33). The molecule has 0 fully saturated rings. The third kappa shape index (κ3) is 4.58. The number of pyridine rings is 2. The lowest BCUT2D eigenvalue weighted by molar-refractivity contribution is 0.281. The second-order valence-electron chi connectivity index (χ2n) is 9.65. The van der Waals surface area contributed by atoms with Crippen molar-refractivity contribution in [2.24, 2.45) is 0 Å². The van der Waals surface area contributed by atoms with Gasteiger partial charge in [0.1, 0.15) is 5.15 Å². The second-order valence-corrected chi connectivity index (χ2v) is 10.0. The molecule has 8 nitrogen and oxygen atoms in total. The summed E-state index contributed by atoms with van der Waals surface area (Å²) in [5.41, 5.74) is 6.09. The van der Waals surface area contributed by atoms with E-state index in [4.69, 9.17) is 11.6 Å². The molecule has 0 aliphatic rings. The molecule has 4 heterocycles. The van der Waals surface area contributed by atoms with Crippen molar-refractivity contribution < 1.29 is 5.11 Å². The normalized spacial score (nSPS) is 11.5. The van der Waals surface area contributed by atoms with Gasteiger partial charge in [0.05, 0.1) is 19.7 Å². The molecule has 9 heteroatoms. The van der Waals surface area contributed by atoms with Gasteiger partial charge in [0.25, 0.3) is 5.56 Å². The number of halogens is 1. The minimum Gasteiger partial charge on any atom is -0.392 e. The van der Waals surface area contributed by atoms with Crippen LogP contribution in [0.2, 0.25) is 5.15 Å². The van der Waals surface area contributed by atoms with Crippen molar-refractivity contribution in [1.29, 1.82) is 0 Å². The zero-order valence-corrected chi connectivity index (χ0v) is 22.3. The largest absolute Gasteiger partial charge is 0.392 e. The number of hydrogen-bond acceptors (Lipinski definition) is 5. The van der Waals surface area contributed by atoms with Crippen LogP contribution >= 0.6 is 11.6 Å². The van der Waals surface area contributed by atoms with Gasteiger partial charge in [0.15, 0.2) is 0 Å². The van der Waals surface area contributed by atoms with Crippen LogP contribution in [0, 0.1) is 6.92 Å². The Bertz CT molecular complexity index is 1900. The van der Waals surface area contributed by atoms with E-state index in [2.05, 4.69) is 39.3 Å². The predicted molar refractivity (Wildman–Crippen MR) is 155 cm³/mol. The zero-order valence-electron chi connectivity index (χ0n) is 21.6. The summed E-state index contributed by atoms with van der Waals surface area (Å²) < 4.78 is 3.69. The van der Waals surface area contributed by atoms with E-state index >= 15 is 0 Å². The van der Waals surface area contributed by atoms with E-state index in [0.717, 1.165) is 39.1 Å². The SMILES string of the molecule is CNc1nccn1Cc1cc(-c2cc(CO)cnc2Cl)c2ccn(Cc3cc4c(C)cccc4[nH]3)c(=O)c2c1. The molecule has 0 saturated heterocycles. The summed E-state index contributed by atoms with van der Waals surface area (Å²) in [6.45, 7) is 2.83. The molecule has 6 rings (SSSR count). The topological polar surface area (TPSA) is 101 Å². The van der Waals surface area contributed by atoms with Crippen molar-refractivity contribution in [3.05, 3.63) is 111 Å². The number of aryl methyl sites for hydroxylation is 1. The fourth-order valence-corrected chi connectivity index (χ4v) is 5.36. The van der Waals surface area contributed by atoms with Gasteiger partial charge in [-0.2, -0.15) is 0 Å². The smallest absolute Gasteiger partial charge is 0.258 e. The highest BCUT2D eigenvalue weighted by atomic mass is 35.5. The summed E-state index contributed by atoms with van der Waals surface area (Å²) in [6.07, 6.45) is 6.99. The maximum Gasteiger partial charge on any atom is 0.258 e. The summed E-state index contributed by atoms with van der Waals surface area (Å²) in [7, 11) is 1.82. The van der Waals surface area contributed by atoms with Gasteiger partial charge in [-0.1, -0.05) is 23.7 Å². The molecule has 0 radical (unpaired) electrons. The minimum atomic E-state index is -0.161. The number of imidazole rings is 1. The summed E-state index contributed by atoms with van der Waals surface area (Å²) in [5.74, 6) is 0.721. The molecule has 0 atom stereocenters.